The fraction of sp³-hybridized carbons (Fsp3) is 1.00. The summed E-state index contributed by atoms with van der Waals surface area (Å²) in [7, 11) is 0. The first-order valence-corrected chi connectivity index (χ1v) is 7.15. The maximum atomic E-state index is 13.3. The molecule has 0 saturated heterocycles. The zero-order valence-electron chi connectivity index (χ0n) is 9.19. The van der Waals surface area contributed by atoms with Crippen LogP contribution in [0.5, 0.6) is 0 Å². The molecule has 92 valence electrons. The smallest absolute Gasteiger partial charge is 0.297 e. The number of alkyl halides is 3. The second-order valence-corrected chi connectivity index (χ2v) is 8.06. The topological polar surface area (TPSA) is 20.2 Å². The maximum Gasteiger partial charge on any atom is 0.297 e. The van der Waals surface area contributed by atoms with Gasteiger partial charge in [-0.1, -0.05) is 0 Å². The molecular weight excluding hydrogens is 325 g/mol. The third kappa shape index (κ3) is 2.00. The molecule has 0 spiro atoms. The van der Waals surface area contributed by atoms with Crippen LogP contribution in [0.3, 0.4) is 0 Å². The van der Waals surface area contributed by atoms with Crippen LogP contribution in [0.1, 0.15) is 44.9 Å². The Kier molecular flexibility index (Phi) is 2.40. The zero-order chi connectivity index (χ0) is 11.6. The second kappa shape index (κ2) is 3.31. The Morgan fingerprint density at radius 2 is 1.75 bits per heavy atom. The fourth-order valence-electron chi connectivity index (χ4n) is 5.03. The van der Waals surface area contributed by atoms with Gasteiger partial charge in [0.05, 0.1) is 5.60 Å². The molecule has 4 bridgehead atoms. The molecule has 4 aliphatic rings. The molecule has 0 aromatic carbocycles. The third-order valence-electron chi connectivity index (χ3n) is 4.73. The van der Waals surface area contributed by atoms with Crippen molar-refractivity contribution in [2.45, 2.75) is 54.5 Å². The van der Waals surface area contributed by atoms with E-state index in [0.717, 1.165) is 32.1 Å². The number of rotatable bonds is 2. The van der Waals surface area contributed by atoms with Gasteiger partial charge in [-0.25, -0.2) is 0 Å². The van der Waals surface area contributed by atoms with E-state index in [0.29, 0.717) is 18.3 Å². The lowest BCUT2D eigenvalue weighted by Crippen LogP contribution is -2.56. The van der Waals surface area contributed by atoms with Crippen LogP contribution in [-0.4, -0.2) is 14.6 Å². The SMILES string of the molecule is OC12CC3CC(C1)CC(CC(F)(F)I)(C3)C2. The van der Waals surface area contributed by atoms with Gasteiger partial charge in [-0.05, 0) is 78.4 Å². The van der Waals surface area contributed by atoms with E-state index in [9.17, 15) is 13.9 Å². The molecule has 4 rings (SSSR count). The number of aliphatic hydroxyl groups is 1. The summed E-state index contributed by atoms with van der Waals surface area (Å²) in [4.78, 5) is 0. The Morgan fingerprint density at radius 1 is 1.19 bits per heavy atom. The minimum Gasteiger partial charge on any atom is -0.390 e. The van der Waals surface area contributed by atoms with E-state index < -0.39 is 9.53 Å². The van der Waals surface area contributed by atoms with Crippen LogP contribution in [0.4, 0.5) is 8.78 Å². The van der Waals surface area contributed by atoms with Gasteiger partial charge in [-0.2, -0.15) is 8.78 Å². The summed E-state index contributed by atoms with van der Waals surface area (Å²) >= 11 is 1.26. The van der Waals surface area contributed by atoms with Crippen LogP contribution >= 0.6 is 22.6 Å². The number of hydrogen-bond acceptors (Lipinski definition) is 1. The van der Waals surface area contributed by atoms with Gasteiger partial charge in [0.2, 0.25) is 0 Å². The van der Waals surface area contributed by atoms with Gasteiger partial charge in [0, 0.05) is 6.42 Å². The van der Waals surface area contributed by atoms with Crippen molar-refractivity contribution in [2.24, 2.45) is 17.3 Å². The molecule has 1 nitrogen and oxygen atoms in total. The molecule has 0 radical (unpaired) electrons. The molecule has 1 N–H and O–H groups in total. The molecule has 4 saturated carbocycles. The van der Waals surface area contributed by atoms with Crippen molar-refractivity contribution in [2.75, 3.05) is 0 Å². The lowest BCUT2D eigenvalue weighted by atomic mass is 9.47. The average molecular weight is 342 g/mol. The molecule has 4 aliphatic carbocycles. The van der Waals surface area contributed by atoms with Gasteiger partial charge < -0.3 is 5.11 Å². The van der Waals surface area contributed by atoms with E-state index in [1.807, 2.05) is 0 Å². The highest BCUT2D eigenvalue weighted by Crippen LogP contribution is 2.64. The van der Waals surface area contributed by atoms with Crippen LogP contribution in [-0.2, 0) is 0 Å². The van der Waals surface area contributed by atoms with Gasteiger partial charge in [0.25, 0.3) is 3.93 Å². The van der Waals surface area contributed by atoms with Crippen LogP contribution in [0.15, 0.2) is 0 Å². The Labute approximate surface area is 108 Å². The largest absolute Gasteiger partial charge is 0.390 e. The van der Waals surface area contributed by atoms with E-state index in [-0.39, 0.29) is 11.8 Å². The van der Waals surface area contributed by atoms with Crippen LogP contribution < -0.4 is 0 Å². The summed E-state index contributed by atoms with van der Waals surface area (Å²) < 4.78 is 23.9. The Morgan fingerprint density at radius 3 is 2.19 bits per heavy atom. The molecule has 0 aromatic rings. The van der Waals surface area contributed by atoms with Crippen LogP contribution in [0, 0.1) is 17.3 Å². The molecule has 0 amide bonds. The molecule has 2 atom stereocenters. The van der Waals surface area contributed by atoms with Crippen molar-refractivity contribution in [3.05, 3.63) is 0 Å². The summed E-state index contributed by atoms with van der Waals surface area (Å²) in [5.74, 6) is 1.01. The molecule has 16 heavy (non-hydrogen) atoms. The predicted molar refractivity (Wildman–Crippen MR) is 65.6 cm³/mol. The Hall–Kier alpha value is 0.550. The van der Waals surface area contributed by atoms with Crippen molar-refractivity contribution >= 4 is 22.6 Å². The van der Waals surface area contributed by atoms with Crippen molar-refractivity contribution in [1.29, 1.82) is 0 Å². The lowest BCUT2D eigenvalue weighted by Gasteiger charge is -2.60. The Bertz CT molecular complexity index is 295. The first-order chi connectivity index (χ1) is 7.28. The maximum absolute atomic E-state index is 13.3. The van der Waals surface area contributed by atoms with Crippen LogP contribution in [0.2, 0.25) is 0 Å². The van der Waals surface area contributed by atoms with Crippen LogP contribution in [0.25, 0.3) is 0 Å². The molecule has 4 heteroatoms. The van der Waals surface area contributed by atoms with Gasteiger partial charge in [0.1, 0.15) is 0 Å². The predicted octanol–water partition coefficient (Wildman–Crippen LogP) is 3.74. The molecule has 2 unspecified atom stereocenters. The first kappa shape index (κ1) is 11.6. The molecular formula is C12H17F2IO. The zero-order valence-corrected chi connectivity index (χ0v) is 11.3. The molecule has 4 fully saturated rings. The molecule has 0 heterocycles. The number of halogens is 3. The third-order valence-corrected chi connectivity index (χ3v) is 5.11. The molecule has 0 aliphatic heterocycles. The van der Waals surface area contributed by atoms with Crippen molar-refractivity contribution in [3.8, 4) is 0 Å². The van der Waals surface area contributed by atoms with E-state index in [1.165, 1.54) is 22.6 Å². The minimum absolute atomic E-state index is 0.0319. The summed E-state index contributed by atoms with van der Waals surface area (Å²) in [5, 5.41) is 10.4. The van der Waals surface area contributed by atoms with Gasteiger partial charge >= 0.3 is 0 Å². The summed E-state index contributed by atoms with van der Waals surface area (Å²) in [5.41, 5.74) is -0.866. The lowest BCUT2D eigenvalue weighted by molar-refractivity contribution is -0.175. The highest BCUT2D eigenvalue weighted by Gasteiger charge is 2.58. The second-order valence-electron chi connectivity index (χ2n) is 6.48. The van der Waals surface area contributed by atoms with Crippen molar-refractivity contribution < 1.29 is 13.9 Å². The Balaban J connectivity index is 1.86. The summed E-state index contributed by atoms with van der Waals surface area (Å²) in [6.45, 7) is 0. The summed E-state index contributed by atoms with van der Waals surface area (Å²) in [6.07, 6.45) is 5.31. The van der Waals surface area contributed by atoms with Gasteiger partial charge in [0.15, 0.2) is 0 Å². The van der Waals surface area contributed by atoms with Gasteiger partial charge in [-0.15, -0.1) is 0 Å². The normalized spacial score (nSPS) is 51.0. The average Bonchev–Trinajstić information content (AvgIpc) is 1.91. The number of hydrogen-bond donors (Lipinski definition) is 1. The van der Waals surface area contributed by atoms with E-state index in [2.05, 4.69) is 0 Å². The fourth-order valence-corrected chi connectivity index (χ4v) is 5.84. The quantitative estimate of drug-likeness (QED) is 0.599. The van der Waals surface area contributed by atoms with E-state index >= 15 is 0 Å². The summed E-state index contributed by atoms with van der Waals surface area (Å²) in [6, 6.07) is 0. The van der Waals surface area contributed by atoms with Gasteiger partial charge in [-0.3, -0.25) is 0 Å². The minimum atomic E-state index is -2.61. The standard InChI is InChI=1S/C12H17F2IO/c13-12(14,15)7-10-2-8-1-9(3-10)5-11(16,4-8)6-10/h8-9,16H,1-7H2. The highest BCUT2D eigenvalue weighted by atomic mass is 127. The molecule has 0 aromatic heterocycles. The van der Waals surface area contributed by atoms with E-state index in [1.54, 1.807) is 0 Å². The highest BCUT2D eigenvalue weighted by molar-refractivity contribution is 14.1. The monoisotopic (exact) mass is 342 g/mol. The van der Waals surface area contributed by atoms with Crippen molar-refractivity contribution in [3.63, 3.8) is 0 Å². The van der Waals surface area contributed by atoms with E-state index in [4.69, 9.17) is 0 Å². The van der Waals surface area contributed by atoms with Crippen molar-refractivity contribution in [1.82, 2.24) is 0 Å². The first-order valence-electron chi connectivity index (χ1n) is 6.07.